The second-order valence-corrected chi connectivity index (χ2v) is 5.21. The van der Waals surface area contributed by atoms with Crippen LogP contribution in [0.1, 0.15) is 0 Å². The van der Waals surface area contributed by atoms with Crippen molar-refractivity contribution in [3.63, 3.8) is 0 Å². The quantitative estimate of drug-likeness (QED) is 0.825. The van der Waals surface area contributed by atoms with Crippen LogP contribution in [-0.4, -0.2) is 20.3 Å². The molecule has 23 heavy (non-hydrogen) atoms. The highest BCUT2D eigenvalue weighted by Gasteiger charge is 2.13. The van der Waals surface area contributed by atoms with Crippen LogP contribution < -0.4 is 20.1 Å². The molecule has 0 spiro atoms. The Kier molecular flexibility index (Phi) is 5.52. The van der Waals surface area contributed by atoms with Crippen molar-refractivity contribution in [3.05, 3.63) is 46.2 Å². The number of amides is 2. The maximum atomic E-state index is 13.1. The summed E-state index contributed by atoms with van der Waals surface area (Å²) in [6.07, 6.45) is 0. The number of methoxy groups -OCH3 is 2. The van der Waals surface area contributed by atoms with E-state index in [4.69, 9.17) is 32.7 Å². The number of benzene rings is 2. The van der Waals surface area contributed by atoms with E-state index in [1.807, 2.05) is 0 Å². The van der Waals surface area contributed by atoms with Gasteiger partial charge in [0, 0.05) is 11.8 Å². The summed E-state index contributed by atoms with van der Waals surface area (Å²) >= 11 is 11.7. The minimum atomic E-state index is -0.568. The van der Waals surface area contributed by atoms with Crippen LogP contribution in [0.15, 0.2) is 30.3 Å². The fraction of sp³-hybridized carbons (Fsp3) is 0.133. The maximum absolute atomic E-state index is 13.1. The second kappa shape index (κ2) is 7.39. The molecule has 122 valence electrons. The zero-order valence-corrected chi connectivity index (χ0v) is 13.8. The number of urea groups is 1. The number of carbonyl (C=O) groups excluding carboxylic acids is 1. The third-order valence-corrected chi connectivity index (χ3v) is 3.48. The zero-order valence-electron chi connectivity index (χ0n) is 12.2. The smallest absolute Gasteiger partial charge is 0.323 e. The molecule has 2 aromatic rings. The van der Waals surface area contributed by atoms with Gasteiger partial charge >= 0.3 is 6.03 Å². The van der Waals surface area contributed by atoms with Crippen LogP contribution in [0, 0.1) is 5.82 Å². The molecule has 0 saturated carbocycles. The van der Waals surface area contributed by atoms with Crippen molar-refractivity contribution >= 4 is 40.6 Å². The summed E-state index contributed by atoms with van der Waals surface area (Å²) in [5.41, 5.74) is 0.691. The van der Waals surface area contributed by atoms with Crippen LogP contribution in [-0.2, 0) is 0 Å². The van der Waals surface area contributed by atoms with Crippen molar-refractivity contribution in [3.8, 4) is 11.5 Å². The van der Waals surface area contributed by atoms with Gasteiger partial charge in [0.15, 0.2) is 0 Å². The minimum Gasteiger partial charge on any atom is -0.495 e. The van der Waals surface area contributed by atoms with Gasteiger partial charge in [-0.15, -0.1) is 0 Å². The second-order valence-electron chi connectivity index (χ2n) is 4.40. The predicted molar refractivity (Wildman–Crippen MR) is 88.6 cm³/mol. The van der Waals surface area contributed by atoms with Gasteiger partial charge in [0.2, 0.25) is 0 Å². The fourth-order valence-electron chi connectivity index (χ4n) is 1.82. The number of hydrogen-bond acceptors (Lipinski definition) is 3. The zero-order chi connectivity index (χ0) is 17.0. The number of nitrogens with one attached hydrogen (secondary N) is 2. The molecule has 8 heteroatoms. The molecule has 0 atom stereocenters. The van der Waals surface area contributed by atoms with Crippen LogP contribution in [0.25, 0.3) is 0 Å². The first-order chi connectivity index (χ1) is 10.9. The molecule has 2 aromatic carbocycles. The molecule has 0 saturated heterocycles. The summed E-state index contributed by atoms with van der Waals surface area (Å²) in [7, 11) is 2.92. The summed E-state index contributed by atoms with van der Waals surface area (Å²) in [4.78, 5) is 12.0. The topological polar surface area (TPSA) is 59.6 Å². The summed E-state index contributed by atoms with van der Waals surface area (Å²) in [5.74, 6) is 0.222. The Labute approximate surface area is 142 Å². The van der Waals surface area contributed by atoms with Crippen molar-refractivity contribution < 1.29 is 18.7 Å². The Bertz CT molecular complexity index is 741. The van der Waals surface area contributed by atoms with Crippen molar-refractivity contribution in [1.82, 2.24) is 0 Å². The lowest BCUT2D eigenvalue weighted by Crippen LogP contribution is -2.19. The number of hydrogen-bond donors (Lipinski definition) is 2. The van der Waals surface area contributed by atoms with E-state index in [-0.39, 0.29) is 5.02 Å². The van der Waals surface area contributed by atoms with E-state index in [2.05, 4.69) is 10.6 Å². The minimum absolute atomic E-state index is 0.0899. The van der Waals surface area contributed by atoms with Crippen molar-refractivity contribution in [1.29, 1.82) is 0 Å². The summed E-state index contributed by atoms with van der Waals surface area (Å²) in [6.45, 7) is 0. The highest BCUT2D eigenvalue weighted by Crippen LogP contribution is 2.35. The molecule has 0 fully saturated rings. The van der Waals surface area contributed by atoms with E-state index in [1.165, 1.54) is 32.4 Å². The predicted octanol–water partition coefficient (Wildman–Crippen LogP) is 4.79. The fourth-order valence-corrected chi connectivity index (χ4v) is 2.24. The number of ether oxygens (including phenoxy) is 2. The lowest BCUT2D eigenvalue weighted by atomic mass is 10.2. The molecular formula is C15H13Cl2FN2O3. The Balaban J connectivity index is 2.16. The average molecular weight is 359 g/mol. The molecule has 2 amide bonds. The van der Waals surface area contributed by atoms with Gasteiger partial charge in [-0.3, -0.25) is 0 Å². The van der Waals surface area contributed by atoms with Crippen LogP contribution >= 0.6 is 23.2 Å². The van der Waals surface area contributed by atoms with E-state index in [9.17, 15) is 9.18 Å². The van der Waals surface area contributed by atoms with Crippen molar-refractivity contribution in [2.75, 3.05) is 24.9 Å². The van der Waals surface area contributed by atoms with Crippen LogP contribution in [0.2, 0.25) is 10.0 Å². The summed E-state index contributed by atoms with van der Waals surface area (Å²) in [5, 5.41) is 5.33. The summed E-state index contributed by atoms with van der Waals surface area (Å²) < 4.78 is 23.3. The van der Waals surface area contributed by atoms with E-state index in [1.54, 1.807) is 6.07 Å². The first-order valence-corrected chi connectivity index (χ1v) is 7.14. The van der Waals surface area contributed by atoms with Gasteiger partial charge < -0.3 is 20.1 Å². The van der Waals surface area contributed by atoms with E-state index >= 15 is 0 Å². The normalized spacial score (nSPS) is 10.1. The molecule has 5 nitrogen and oxygen atoms in total. The van der Waals surface area contributed by atoms with Crippen LogP contribution in [0.4, 0.5) is 20.6 Å². The Hall–Kier alpha value is -2.18. The van der Waals surface area contributed by atoms with Gasteiger partial charge in [0.1, 0.15) is 17.3 Å². The monoisotopic (exact) mass is 358 g/mol. The molecule has 0 radical (unpaired) electrons. The van der Waals surface area contributed by atoms with E-state index < -0.39 is 11.8 Å². The Morgan fingerprint density at radius 2 is 1.70 bits per heavy atom. The van der Waals surface area contributed by atoms with Gasteiger partial charge in [-0.2, -0.15) is 0 Å². The van der Waals surface area contributed by atoms with Gasteiger partial charge in [0.25, 0.3) is 0 Å². The van der Waals surface area contributed by atoms with Gasteiger partial charge in [-0.25, -0.2) is 9.18 Å². The molecule has 0 bridgehead atoms. The maximum Gasteiger partial charge on any atom is 0.323 e. The molecular weight excluding hydrogens is 346 g/mol. The van der Waals surface area contributed by atoms with E-state index in [0.717, 1.165) is 6.07 Å². The first-order valence-electron chi connectivity index (χ1n) is 6.39. The van der Waals surface area contributed by atoms with Gasteiger partial charge in [-0.1, -0.05) is 23.2 Å². The van der Waals surface area contributed by atoms with Crippen LogP contribution in [0.3, 0.4) is 0 Å². The molecule has 0 unspecified atom stereocenters. The molecule has 0 aliphatic rings. The van der Waals surface area contributed by atoms with Crippen LogP contribution in [0.5, 0.6) is 11.5 Å². The SMILES string of the molecule is COc1cc(OC)c(NC(=O)Nc2ccc(F)c(Cl)c2)cc1Cl. The third kappa shape index (κ3) is 4.18. The molecule has 2 N–H and O–H groups in total. The highest BCUT2D eigenvalue weighted by atomic mass is 35.5. The number of halogens is 3. The standard InChI is InChI=1S/C15H13Cl2FN2O3/c1-22-13-7-14(23-2)12(6-10(13)17)20-15(21)19-8-3-4-11(18)9(16)5-8/h3-7H,1-2H3,(H2,19,20,21). The highest BCUT2D eigenvalue weighted by molar-refractivity contribution is 6.32. The number of rotatable bonds is 4. The average Bonchev–Trinajstić information content (AvgIpc) is 2.51. The molecule has 2 rings (SSSR count). The third-order valence-electron chi connectivity index (χ3n) is 2.90. The molecule has 0 aliphatic carbocycles. The van der Waals surface area contributed by atoms with Crippen molar-refractivity contribution in [2.45, 2.75) is 0 Å². The molecule has 0 aromatic heterocycles. The molecule has 0 aliphatic heterocycles. The Morgan fingerprint density at radius 1 is 1.00 bits per heavy atom. The molecule has 0 heterocycles. The largest absolute Gasteiger partial charge is 0.495 e. The van der Waals surface area contributed by atoms with E-state index in [0.29, 0.717) is 27.9 Å². The van der Waals surface area contributed by atoms with Gasteiger partial charge in [-0.05, 0) is 24.3 Å². The number of carbonyl (C=O) groups is 1. The Morgan fingerprint density at radius 3 is 2.30 bits per heavy atom. The lowest BCUT2D eigenvalue weighted by molar-refractivity contribution is 0.262. The lowest BCUT2D eigenvalue weighted by Gasteiger charge is -2.13. The number of anilines is 2. The summed E-state index contributed by atoms with van der Waals surface area (Å²) in [6, 6.07) is 6.33. The van der Waals surface area contributed by atoms with Gasteiger partial charge in [0.05, 0.1) is 30.0 Å². The van der Waals surface area contributed by atoms with Crippen molar-refractivity contribution in [2.24, 2.45) is 0 Å². The first kappa shape index (κ1) is 17.2.